The quantitative estimate of drug-likeness (QED) is 0.418. The molecular weight excluding hydrogens is 446 g/mol. The lowest BCUT2D eigenvalue weighted by molar-refractivity contribution is -0.168. The standard InChI is InChI=1S/C22H27N5O3S2/c1-11-15(19-25-16-12(2)23-9-7-14(16)32-19)18(26-20(24-11)31-5)27-22-8-6-13(10-28)17(22)29-21(3,4)30-22/h7,9,13,17,28H,6,8,10H2,1-5H3,(H,24,26,27)/t13-,17-,22-/m1/s1. The number of nitrogens with one attached hydrogen (secondary N) is 1. The minimum absolute atomic E-state index is 0.00635. The van der Waals surface area contributed by atoms with Gasteiger partial charge in [-0.15, -0.1) is 11.3 Å². The van der Waals surface area contributed by atoms with Crippen molar-refractivity contribution >= 4 is 39.1 Å². The normalized spacial score (nSPS) is 26.6. The zero-order valence-electron chi connectivity index (χ0n) is 18.8. The summed E-state index contributed by atoms with van der Waals surface area (Å²) in [5, 5.41) is 15.0. The first-order valence-electron chi connectivity index (χ1n) is 10.7. The third-order valence-electron chi connectivity index (χ3n) is 6.13. The van der Waals surface area contributed by atoms with Gasteiger partial charge in [-0.25, -0.2) is 15.0 Å². The summed E-state index contributed by atoms with van der Waals surface area (Å²) in [6.07, 6.45) is 5.02. The molecule has 2 aliphatic rings. The number of thioether (sulfide) groups is 1. The SMILES string of the molecule is CSc1nc(C)c(-c2nc3c(C)nccc3s2)c(N[C@@]23CC[C@H](CO)[C@H]2OC(C)(C)O3)n1. The van der Waals surface area contributed by atoms with E-state index < -0.39 is 11.5 Å². The molecule has 1 aliphatic carbocycles. The van der Waals surface area contributed by atoms with E-state index in [1.54, 1.807) is 11.3 Å². The van der Waals surface area contributed by atoms with Crippen molar-refractivity contribution in [2.24, 2.45) is 5.92 Å². The second kappa shape index (κ2) is 7.88. The van der Waals surface area contributed by atoms with Crippen LogP contribution in [0.3, 0.4) is 0 Å². The molecule has 1 aliphatic heterocycles. The number of aromatic nitrogens is 4. The van der Waals surface area contributed by atoms with Crippen LogP contribution in [0.1, 0.15) is 38.1 Å². The second-order valence-electron chi connectivity index (χ2n) is 8.82. The van der Waals surface area contributed by atoms with Gasteiger partial charge in [-0.2, -0.15) is 0 Å². The van der Waals surface area contributed by atoms with Crippen molar-refractivity contribution < 1.29 is 14.6 Å². The van der Waals surface area contributed by atoms with Crippen LogP contribution < -0.4 is 5.32 Å². The van der Waals surface area contributed by atoms with E-state index in [-0.39, 0.29) is 18.6 Å². The topological polar surface area (TPSA) is 102 Å². The summed E-state index contributed by atoms with van der Waals surface area (Å²) in [6, 6.07) is 1.98. The van der Waals surface area contributed by atoms with E-state index in [0.717, 1.165) is 38.6 Å². The molecule has 10 heteroatoms. The molecule has 0 unspecified atom stereocenters. The predicted octanol–water partition coefficient (Wildman–Crippen LogP) is 4.15. The monoisotopic (exact) mass is 473 g/mol. The van der Waals surface area contributed by atoms with E-state index in [0.29, 0.717) is 17.4 Å². The van der Waals surface area contributed by atoms with E-state index >= 15 is 0 Å². The maximum atomic E-state index is 9.92. The average molecular weight is 474 g/mol. The van der Waals surface area contributed by atoms with Crippen molar-refractivity contribution in [1.29, 1.82) is 0 Å². The molecule has 0 bridgehead atoms. The lowest BCUT2D eigenvalue weighted by atomic mass is 10.0. The van der Waals surface area contributed by atoms with Gasteiger partial charge in [0.15, 0.2) is 16.7 Å². The van der Waals surface area contributed by atoms with E-state index in [1.807, 2.05) is 46.2 Å². The molecule has 1 saturated heterocycles. The molecule has 3 aromatic rings. The smallest absolute Gasteiger partial charge is 0.189 e. The summed E-state index contributed by atoms with van der Waals surface area (Å²) in [7, 11) is 0. The minimum Gasteiger partial charge on any atom is -0.396 e. The number of aryl methyl sites for hydroxylation is 2. The fourth-order valence-electron chi connectivity index (χ4n) is 4.76. The van der Waals surface area contributed by atoms with Crippen LogP contribution in [-0.4, -0.2) is 55.5 Å². The Kier molecular flexibility index (Phi) is 5.41. The molecule has 2 fully saturated rings. The Morgan fingerprint density at radius 2 is 2.06 bits per heavy atom. The van der Waals surface area contributed by atoms with E-state index in [9.17, 15) is 5.11 Å². The van der Waals surface area contributed by atoms with Gasteiger partial charge in [0.25, 0.3) is 0 Å². The average Bonchev–Trinajstić information content (AvgIpc) is 3.37. The Balaban J connectivity index is 1.64. The van der Waals surface area contributed by atoms with Crippen LogP contribution in [0.4, 0.5) is 5.82 Å². The molecule has 5 rings (SSSR count). The van der Waals surface area contributed by atoms with Crippen LogP contribution in [-0.2, 0) is 9.47 Å². The highest BCUT2D eigenvalue weighted by molar-refractivity contribution is 7.98. The number of anilines is 1. The summed E-state index contributed by atoms with van der Waals surface area (Å²) in [5.41, 5.74) is 2.73. The molecule has 0 radical (unpaired) electrons. The third-order valence-corrected chi connectivity index (χ3v) is 7.72. The van der Waals surface area contributed by atoms with Crippen LogP contribution in [0.5, 0.6) is 0 Å². The first-order chi connectivity index (χ1) is 15.2. The maximum absolute atomic E-state index is 9.92. The van der Waals surface area contributed by atoms with Crippen LogP contribution in [0.25, 0.3) is 20.8 Å². The van der Waals surface area contributed by atoms with Crippen molar-refractivity contribution in [2.75, 3.05) is 18.2 Å². The first-order valence-corrected chi connectivity index (χ1v) is 12.7. The molecule has 32 heavy (non-hydrogen) atoms. The molecular formula is C22H27N5O3S2. The van der Waals surface area contributed by atoms with E-state index in [2.05, 4.69) is 15.3 Å². The highest BCUT2D eigenvalue weighted by Gasteiger charge is 2.60. The van der Waals surface area contributed by atoms with Crippen LogP contribution in [0.2, 0.25) is 0 Å². The number of fused-ring (bicyclic) bond motifs is 2. The van der Waals surface area contributed by atoms with Gasteiger partial charge in [-0.05, 0) is 52.9 Å². The van der Waals surface area contributed by atoms with Crippen LogP contribution in [0.15, 0.2) is 17.4 Å². The van der Waals surface area contributed by atoms with Gasteiger partial charge in [-0.1, -0.05) is 11.8 Å². The number of aliphatic hydroxyl groups is 1. The fraction of sp³-hybridized carbons (Fsp3) is 0.545. The van der Waals surface area contributed by atoms with Gasteiger partial charge in [0.2, 0.25) is 0 Å². The zero-order chi connectivity index (χ0) is 22.7. The van der Waals surface area contributed by atoms with Crippen molar-refractivity contribution in [1.82, 2.24) is 19.9 Å². The number of ether oxygens (including phenoxy) is 2. The third kappa shape index (κ3) is 3.58. The Morgan fingerprint density at radius 3 is 2.78 bits per heavy atom. The largest absolute Gasteiger partial charge is 0.396 e. The Morgan fingerprint density at radius 1 is 1.25 bits per heavy atom. The maximum Gasteiger partial charge on any atom is 0.189 e. The molecule has 2 N–H and O–H groups in total. The lowest BCUT2D eigenvalue weighted by Gasteiger charge is -2.31. The number of thiazole rings is 1. The van der Waals surface area contributed by atoms with Gasteiger partial charge >= 0.3 is 0 Å². The van der Waals surface area contributed by atoms with Gasteiger partial charge in [0, 0.05) is 18.7 Å². The van der Waals surface area contributed by atoms with Crippen LogP contribution in [0, 0.1) is 19.8 Å². The Labute approximate surface area is 195 Å². The van der Waals surface area contributed by atoms with Crippen molar-refractivity contribution in [3.63, 3.8) is 0 Å². The molecule has 3 atom stereocenters. The second-order valence-corrected chi connectivity index (χ2v) is 10.6. The van der Waals surface area contributed by atoms with Crippen molar-refractivity contribution in [2.45, 2.75) is 63.3 Å². The van der Waals surface area contributed by atoms with Gasteiger partial charge < -0.3 is 19.9 Å². The Bertz CT molecular complexity index is 1180. The molecule has 0 aromatic carbocycles. The number of pyridine rings is 1. The van der Waals surface area contributed by atoms with Crippen molar-refractivity contribution in [3.05, 3.63) is 23.7 Å². The summed E-state index contributed by atoms with van der Waals surface area (Å²) in [4.78, 5) is 18.8. The highest BCUT2D eigenvalue weighted by atomic mass is 32.2. The zero-order valence-corrected chi connectivity index (χ0v) is 20.4. The molecule has 3 aromatic heterocycles. The number of hydrogen-bond donors (Lipinski definition) is 2. The first kappa shape index (κ1) is 22.0. The fourth-order valence-corrected chi connectivity index (χ4v) is 6.29. The number of aliphatic hydroxyl groups excluding tert-OH is 1. The molecule has 0 spiro atoms. The van der Waals surface area contributed by atoms with Gasteiger partial charge in [-0.3, -0.25) is 4.98 Å². The molecule has 1 saturated carbocycles. The lowest BCUT2D eigenvalue weighted by Crippen LogP contribution is -2.46. The van der Waals surface area contributed by atoms with Gasteiger partial charge in [0.1, 0.15) is 22.4 Å². The number of nitrogens with zero attached hydrogens (tertiary/aromatic N) is 4. The van der Waals surface area contributed by atoms with Gasteiger partial charge in [0.05, 0.1) is 21.7 Å². The number of rotatable bonds is 5. The summed E-state index contributed by atoms with van der Waals surface area (Å²) in [5.74, 6) is -0.0717. The summed E-state index contributed by atoms with van der Waals surface area (Å²) >= 11 is 3.09. The summed E-state index contributed by atoms with van der Waals surface area (Å²) < 4.78 is 13.7. The van der Waals surface area contributed by atoms with Crippen molar-refractivity contribution in [3.8, 4) is 10.6 Å². The minimum atomic E-state index is -0.768. The highest BCUT2D eigenvalue weighted by Crippen LogP contribution is 2.50. The van der Waals surface area contributed by atoms with E-state index in [1.165, 1.54) is 11.8 Å². The summed E-state index contributed by atoms with van der Waals surface area (Å²) in [6.45, 7) is 7.82. The molecule has 170 valence electrons. The molecule has 0 amide bonds. The number of hydrogen-bond acceptors (Lipinski definition) is 10. The van der Waals surface area contributed by atoms with Crippen LogP contribution >= 0.6 is 23.1 Å². The van der Waals surface area contributed by atoms with E-state index in [4.69, 9.17) is 19.4 Å². The molecule has 8 nitrogen and oxygen atoms in total. The Hall–Kier alpha value is -1.85. The molecule has 4 heterocycles. The predicted molar refractivity (Wildman–Crippen MR) is 126 cm³/mol.